The fraction of sp³-hybridized carbons (Fsp3) is 0.528. The maximum atomic E-state index is 14.3. The molecule has 1 saturated carbocycles. The lowest BCUT2D eigenvalue weighted by molar-refractivity contribution is -0.0875. The van der Waals surface area contributed by atoms with Crippen LogP contribution in [0.25, 0.3) is 10.1 Å². The lowest BCUT2D eigenvalue weighted by Crippen LogP contribution is -2.53. The third kappa shape index (κ3) is 5.53. The van der Waals surface area contributed by atoms with E-state index in [1.165, 1.54) is 16.9 Å². The minimum Gasteiger partial charge on any atom is -0.395 e. The highest BCUT2D eigenvalue weighted by atomic mass is 32.1. The predicted molar refractivity (Wildman–Crippen MR) is 170 cm³/mol. The molecule has 0 radical (unpaired) electrons. The van der Waals surface area contributed by atoms with E-state index >= 15 is 0 Å². The van der Waals surface area contributed by atoms with Gasteiger partial charge >= 0.3 is 0 Å². The lowest BCUT2D eigenvalue weighted by atomic mass is 9.64. The predicted octanol–water partition coefficient (Wildman–Crippen LogP) is 6.63. The van der Waals surface area contributed by atoms with Gasteiger partial charge in [-0.1, -0.05) is 48.9 Å². The molecule has 5 atom stereocenters. The molecule has 2 aromatic carbocycles. The molecule has 224 valence electrons. The summed E-state index contributed by atoms with van der Waals surface area (Å²) >= 11 is 1.54. The van der Waals surface area contributed by atoms with Crippen LogP contribution in [0.3, 0.4) is 0 Å². The van der Waals surface area contributed by atoms with Crippen molar-refractivity contribution in [2.24, 2.45) is 5.41 Å². The SMILES string of the molecule is CC1=CCC[C@@]2(C)[C@@H](CC[C@@]2(O)CN2CCC[C@H]2CO)c2ccc(cc2C(=O)c2cc3ccccc3s2)C[C@@H](O)CC1. The minimum absolute atomic E-state index is 0.0154. The molecule has 2 heterocycles. The highest BCUT2D eigenvalue weighted by Crippen LogP contribution is 2.59. The van der Waals surface area contributed by atoms with Crippen molar-refractivity contribution in [3.8, 4) is 0 Å². The molecule has 1 saturated heterocycles. The second-order valence-corrected chi connectivity index (χ2v) is 14.5. The van der Waals surface area contributed by atoms with Crippen molar-refractivity contribution in [2.45, 2.75) is 95.3 Å². The van der Waals surface area contributed by atoms with E-state index in [-0.39, 0.29) is 24.3 Å². The first-order valence-corrected chi connectivity index (χ1v) is 16.6. The highest BCUT2D eigenvalue weighted by Gasteiger charge is 2.57. The third-order valence-corrected chi connectivity index (χ3v) is 11.9. The first kappa shape index (κ1) is 29.7. The molecule has 1 aromatic heterocycles. The van der Waals surface area contributed by atoms with Crippen LogP contribution in [-0.2, 0) is 6.42 Å². The number of allylic oxidation sites excluding steroid dienone is 2. The average molecular weight is 588 g/mol. The summed E-state index contributed by atoms with van der Waals surface area (Å²) in [5, 5.41) is 34.5. The zero-order chi connectivity index (χ0) is 29.5. The van der Waals surface area contributed by atoms with E-state index in [1.807, 2.05) is 24.3 Å². The van der Waals surface area contributed by atoms with Crippen molar-refractivity contribution in [3.05, 3.63) is 81.7 Å². The Kier molecular flexibility index (Phi) is 8.47. The number of carbonyl (C=O) groups excluding carboxylic acids is 1. The number of hydrogen-bond donors (Lipinski definition) is 3. The summed E-state index contributed by atoms with van der Waals surface area (Å²) in [5.41, 5.74) is 2.61. The van der Waals surface area contributed by atoms with Gasteiger partial charge < -0.3 is 15.3 Å². The van der Waals surface area contributed by atoms with Crippen molar-refractivity contribution in [2.75, 3.05) is 19.7 Å². The molecule has 0 amide bonds. The van der Waals surface area contributed by atoms with Crippen molar-refractivity contribution >= 4 is 27.2 Å². The van der Waals surface area contributed by atoms with E-state index in [0.717, 1.165) is 71.2 Å². The molecule has 42 heavy (non-hydrogen) atoms. The molecule has 0 spiro atoms. The van der Waals surface area contributed by atoms with Crippen LogP contribution in [0.5, 0.6) is 0 Å². The van der Waals surface area contributed by atoms with Crippen LogP contribution in [0.15, 0.2) is 60.2 Å². The van der Waals surface area contributed by atoms with E-state index in [4.69, 9.17) is 0 Å². The van der Waals surface area contributed by atoms with Crippen LogP contribution < -0.4 is 0 Å². The Hall–Kier alpha value is -2.35. The molecule has 3 aromatic rings. The second kappa shape index (κ2) is 12.0. The number of thiophene rings is 1. The third-order valence-electron chi connectivity index (χ3n) is 10.7. The Bertz CT molecular complexity index is 1450. The fourth-order valence-electron chi connectivity index (χ4n) is 8.07. The quantitative estimate of drug-likeness (QED) is 0.231. The molecule has 2 fully saturated rings. The molecule has 0 unspecified atom stereocenters. The summed E-state index contributed by atoms with van der Waals surface area (Å²) in [5.74, 6) is 0.0460. The minimum atomic E-state index is -0.930. The van der Waals surface area contributed by atoms with Crippen molar-refractivity contribution in [1.82, 2.24) is 4.90 Å². The Morgan fingerprint density at radius 1 is 1.10 bits per heavy atom. The number of benzene rings is 2. The molecule has 3 aliphatic carbocycles. The summed E-state index contributed by atoms with van der Waals surface area (Å²) in [6, 6.07) is 16.5. The van der Waals surface area contributed by atoms with E-state index in [2.05, 4.69) is 49.1 Å². The van der Waals surface area contributed by atoms with E-state index in [1.54, 1.807) is 0 Å². The molecule has 6 heteroatoms. The lowest BCUT2D eigenvalue weighted by Gasteiger charge is -2.46. The molecular formula is C36H45NO4S. The number of aliphatic hydroxyl groups is 3. The van der Waals surface area contributed by atoms with Crippen LogP contribution in [0.2, 0.25) is 0 Å². The number of fused-ring (bicyclic) bond motifs is 9. The van der Waals surface area contributed by atoms with Gasteiger partial charge in [-0.2, -0.15) is 0 Å². The van der Waals surface area contributed by atoms with Crippen LogP contribution in [-0.4, -0.2) is 63.4 Å². The van der Waals surface area contributed by atoms with Crippen LogP contribution in [0.4, 0.5) is 0 Å². The molecule has 1 aliphatic heterocycles. The second-order valence-electron chi connectivity index (χ2n) is 13.4. The number of β-amino-alcohol motifs (C(OH)–C–C–N with tert-alkyl or cyclic N) is 1. The Labute approximate surface area is 253 Å². The number of carbonyl (C=O) groups is 1. The monoisotopic (exact) mass is 587 g/mol. The number of likely N-dealkylation sites (tertiary alicyclic amines) is 1. The van der Waals surface area contributed by atoms with Gasteiger partial charge in [0.25, 0.3) is 0 Å². The number of ketones is 1. The maximum Gasteiger partial charge on any atom is 0.203 e. The fourth-order valence-corrected chi connectivity index (χ4v) is 9.09. The Morgan fingerprint density at radius 3 is 2.74 bits per heavy atom. The van der Waals surface area contributed by atoms with Gasteiger partial charge in [-0.15, -0.1) is 11.3 Å². The molecule has 7 rings (SSSR count). The van der Waals surface area contributed by atoms with Crippen molar-refractivity contribution in [1.29, 1.82) is 0 Å². The topological polar surface area (TPSA) is 81.0 Å². The van der Waals surface area contributed by atoms with Crippen LogP contribution in [0.1, 0.15) is 97.5 Å². The molecule has 5 nitrogen and oxygen atoms in total. The summed E-state index contributed by atoms with van der Waals surface area (Å²) < 4.78 is 1.10. The van der Waals surface area contributed by atoms with Crippen LogP contribution in [0, 0.1) is 5.41 Å². The van der Waals surface area contributed by atoms with Gasteiger partial charge in [-0.05, 0) is 112 Å². The summed E-state index contributed by atoms with van der Waals surface area (Å²) in [6.07, 6.45) is 9.01. The number of hydrogen-bond acceptors (Lipinski definition) is 6. The van der Waals surface area contributed by atoms with Crippen molar-refractivity contribution < 1.29 is 20.1 Å². The molecular weight excluding hydrogens is 542 g/mol. The highest BCUT2D eigenvalue weighted by molar-refractivity contribution is 7.21. The number of rotatable bonds is 5. The standard InChI is InChI=1S/C36H45NO4S/c1-24-7-5-16-35(2)31(15-17-36(35,41)23-37-18-6-9-27(37)22-38)29-14-12-25(19-28(39)13-11-24)20-30(29)34(40)33-21-26-8-3-4-10-32(26)42-33/h3-4,7-8,10,12,14,20-21,27-28,31,38-39,41H,5-6,9,11,13,15-19,22-23H2,1-2H3/t27-,28-,31-,35-,36+/m0/s1. The largest absolute Gasteiger partial charge is 0.395 e. The van der Waals surface area contributed by atoms with E-state index < -0.39 is 17.1 Å². The van der Waals surface area contributed by atoms with Crippen molar-refractivity contribution in [3.63, 3.8) is 0 Å². The summed E-state index contributed by atoms with van der Waals surface area (Å²) in [4.78, 5) is 17.4. The molecule has 4 aliphatic rings. The first-order valence-electron chi connectivity index (χ1n) is 15.8. The summed E-state index contributed by atoms with van der Waals surface area (Å²) in [6.45, 7) is 5.97. The Balaban J connectivity index is 1.44. The van der Waals surface area contributed by atoms with Gasteiger partial charge in [0, 0.05) is 28.3 Å². The van der Waals surface area contributed by atoms with Gasteiger partial charge in [0.05, 0.1) is 23.2 Å². The molecule has 3 N–H and O–H groups in total. The molecule has 2 bridgehead atoms. The zero-order valence-electron chi connectivity index (χ0n) is 25.0. The number of aliphatic hydroxyl groups excluding tert-OH is 2. The van der Waals surface area contributed by atoms with E-state index in [0.29, 0.717) is 31.4 Å². The number of nitrogens with zero attached hydrogens (tertiary/aromatic N) is 1. The smallest absolute Gasteiger partial charge is 0.203 e. The average Bonchev–Trinajstić information content (AvgIpc) is 3.68. The van der Waals surface area contributed by atoms with E-state index in [9.17, 15) is 20.1 Å². The van der Waals surface area contributed by atoms with Gasteiger partial charge in [0.1, 0.15) is 0 Å². The van der Waals surface area contributed by atoms with Gasteiger partial charge in [0.15, 0.2) is 0 Å². The first-order chi connectivity index (χ1) is 20.2. The zero-order valence-corrected chi connectivity index (χ0v) is 25.8. The Morgan fingerprint density at radius 2 is 1.93 bits per heavy atom. The van der Waals surface area contributed by atoms with Gasteiger partial charge in [-0.3, -0.25) is 9.69 Å². The maximum absolute atomic E-state index is 14.3. The van der Waals surface area contributed by atoms with Gasteiger partial charge in [0.2, 0.25) is 5.78 Å². The van der Waals surface area contributed by atoms with Crippen LogP contribution >= 0.6 is 11.3 Å². The normalized spacial score (nSPS) is 30.8. The summed E-state index contributed by atoms with van der Waals surface area (Å²) in [7, 11) is 0. The van der Waals surface area contributed by atoms with Gasteiger partial charge in [-0.25, -0.2) is 0 Å².